The summed E-state index contributed by atoms with van der Waals surface area (Å²) in [5.74, 6) is -1.68. The van der Waals surface area contributed by atoms with Crippen LogP contribution in [-0.4, -0.2) is 34.0 Å². The first-order chi connectivity index (χ1) is 13.9. The molecule has 5 rings (SSSR count). The Morgan fingerprint density at radius 1 is 1.38 bits per heavy atom. The zero-order valence-electron chi connectivity index (χ0n) is 15.6. The van der Waals surface area contributed by atoms with Crippen LogP contribution >= 0.6 is 0 Å². The minimum Gasteiger partial charge on any atom is -0.364 e. The summed E-state index contributed by atoms with van der Waals surface area (Å²) in [6, 6.07) is -0.887. The number of carbonyl (C=O) groups is 2. The minimum atomic E-state index is -1.59. The number of hydrogen-bond acceptors (Lipinski definition) is 5. The first-order valence-electron chi connectivity index (χ1n) is 9.80. The van der Waals surface area contributed by atoms with Crippen molar-refractivity contribution in [3.63, 3.8) is 0 Å². The van der Waals surface area contributed by atoms with Crippen molar-refractivity contribution in [1.82, 2.24) is 20.6 Å². The number of hydrogen-bond donors (Lipinski definition) is 2. The predicted molar refractivity (Wildman–Crippen MR) is 96.7 cm³/mol. The Balaban J connectivity index is 1.32. The summed E-state index contributed by atoms with van der Waals surface area (Å²) in [6.45, 7) is 0.438. The number of fused-ring (bicyclic) bond motifs is 2. The van der Waals surface area contributed by atoms with Gasteiger partial charge in [-0.3, -0.25) is 9.59 Å². The van der Waals surface area contributed by atoms with Gasteiger partial charge in [-0.05, 0) is 43.8 Å². The molecule has 1 aromatic rings. The molecule has 9 heteroatoms. The van der Waals surface area contributed by atoms with Gasteiger partial charge < -0.3 is 15.4 Å². The van der Waals surface area contributed by atoms with Crippen LogP contribution in [0.1, 0.15) is 60.4 Å². The lowest BCUT2D eigenvalue weighted by Gasteiger charge is -2.37. The molecule has 0 saturated heterocycles. The molecule has 7 nitrogen and oxygen atoms in total. The SMILES string of the molecule is O=C(N[C@H]1CCC2=C(NC1=O)C(F)CC(F)=C2)c1ncc2c(n1)C1(CCC1)OC2. The number of halogens is 2. The van der Waals surface area contributed by atoms with E-state index in [9.17, 15) is 18.4 Å². The average molecular weight is 402 g/mol. The molecule has 4 aliphatic rings. The number of carbonyl (C=O) groups excluding carboxylic acids is 2. The zero-order valence-corrected chi connectivity index (χ0v) is 15.6. The summed E-state index contributed by atoms with van der Waals surface area (Å²) in [6.07, 6.45) is 4.17. The number of amides is 2. The number of ether oxygens (including phenoxy) is 1. The number of nitrogens with one attached hydrogen (secondary N) is 2. The summed E-state index contributed by atoms with van der Waals surface area (Å²) in [7, 11) is 0. The van der Waals surface area contributed by atoms with E-state index in [0.29, 0.717) is 12.2 Å². The second-order valence-electron chi connectivity index (χ2n) is 7.96. The van der Waals surface area contributed by atoms with Crippen LogP contribution in [0.25, 0.3) is 0 Å². The second kappa shape index (κ2) is 6.69. The van der Waals surface area contributed by atoms with Crippen molar-refractivity contribution in [3.05, 3.63) is 46.5 Å². The van der Waals surface area contributed by atoms with E-state index < -0.39 is 35.5 Å². The van der Waals surface area contributed by atoms with Crippen LogP contribution in [0.2, 0.25) is 0 Å². The van der Waals surface area contributed by atoms with Crippen molar-refractivity contribution in [2.75, 3.05) is 0 Å². The van der Waals surface area contributed by atoms with Gasteiger partial charge in [0, 0.05) is 18.2 Å². The molecule has 1 aromatic heterocycles. The highest BCUT2D eigenvalue weighted by Gasteiger charge is 2.47. The fourth-order valence-electron chi connectivity index (χ4n) is 4.36. The Kier molecular flexibility index (Phi) is 4.23. The van der Waals surface area contributed by atoms with Gasteiger partial charge in [-0.2, -0.15) is 0 Å². The average Bonchev–Trinajstić information content (AvgIpc) is 2.98. The minimum absolute atomic E-state index is 0.0235. The molecule has 29 heavy (non-hydrogen) atoms. The first kappa shape index (κ1) is 18.4. The third-order valence-corrected chi connectivity index (χ3v) is 6.11. The summed E-state index contributed by atoms with van der Waals surface area (Å²) >= 11 is 0. The highest BCUT2D eigenvalue weighted by atomic mass is 19.1. The van der Waals surface area contributed by atoms with Crippen LogP contribution in [-0.2, 0) is 21.7 Å². The van der Waals surface area contributed by atoms with E-state index in [0.717, 1.165) is 30.5 Å². The van der Waals surface area contributed by atoms with Gasteiger partial charge in [-0.15, -0.1) is 0 Å². The molecule has 2 aliphatic heterocycles. The van der Waals surface area contributed by atoms with Gasteiger partial charge in [0.15, 0.2) is 0 Å². The van der Waals surface area contributed by atoms with Gasteiger partial charge in [-0.25, -0.2) is 18.7 Å². The van der Waals surface area contributed by atoms with E-state index in [1.54, 1.807) is 6.20 Å². The molecule has 0 radical (unpaired) electrons. The zero-order chi connectivity index (χ0) is 20.2. The van der Waals surface area contributed by atoms with E-state index in [2.05, 4.69) is 20.6 Å². The molecular weight excluding hydrogens is 382 g/mol. The molecule has 2 amide bonds. The molecule has 0 bridgehead atoms. The lowest BCUT2D eigenvalue weighted by Crippen LogP contribution is -2.46. The van der Waals surface area contributed by atoms with Gasteiger partial charge in [0.2, 0.25) is 11.7 Å². The summed E-state index contributed by atoms with van der Waals surface area (Å²) in [5.41, 5.74) is 1.75. The van der Waals surface area contributed by atoms with Crippen molar-refractivity contribution in [3.8, 4) is 0 Å². The van der Waals surface area contributed by atoms with Crippen molar-refractivity contribution in [2.45, 2.75) is 62.9 Å². The topological polar surface area (TPSA) is 93.2 Å². The Morgan fingerprint density at radius 2 is 2.21 bits per heavy atom. The molecule has 1 saturated carbocycles. The van der Waals surface area contributed by atoms with Crippen molar-refractivity contribution >= 4 is 11.8 Å². The quantitative estimate of drug-likeness (QED) is 0.792. The fraction of sp³-hybridized carbons (Fsp3) is 0.500. The van der Waals surface area contributed by atoms with Gasteiger partial charge in [0.05, 0.1) is 18.0 Å². The van der Waals surface area contributed by atoms with Gasteiger partial charge in [0.1, 0.15) is 23.6 Å². The lowest BCUT2D eigenvalue weighted by molar-refractivity contribution is -0.122. The molecule has 1 spiro atoms. The van der Waals surface area contributed by atoms with Crippen molar-refractivity contribution in [1.29, 1.82) is 0 Å². The molecule has 1 fully saturated rings. The van der Waals surface area contributed by atoms with E-state index in [1.165, 1.54) is 6.08 Å². The molecular formula is C20H20F2N4O3. The molecule has 2 aliphatic carbocycles. The van der Waals surface area contributed by atoms with Crippen molar-refractivity contribution < 1.29 is 23.1 Å². The van der Waals surface area contributed by atoms with E-state index in [4.69, 9.17) is 4.74 Å². The molecule has 3 heterocycles. The summed E-state index contributed by atoms with van der Waals surface area (Å²) in [4.78, 5) is 33.8. The van der Waals surface area contributed by atoms with Gasteiger partial charge in [-0.1, -0.05) is 0 Å². The molecule has 2 N–H and O–H groups in total. The predicted octanol–water partition coefficient (Wildman–Crippen LogP) is 2.24. The van der Waals surface area contributed by atoms with Crippen LogP contribution in [0.4, 0.5) is 8.78 Å². The van der Waals surface area contributed by atoms with Crippen LogP contribution in [0.15, 0.2) is 29.4 Å². The third-order valence-electron chi connectivity index (χ3n) is 6.11. The Labute approximate surface area is 165 Å². The van der Waals surface area contributed by atoms with E-state index in [1.807, 2.05) is 0 Å². The summed E-state index contributed by atoms with van der Waals surface area (Å²) < 4.78 is 33.6. The molecule has 2 atom stereocenters. The maximum atomic E-state index is 14.1. The highest BCUT2D eigenvalue weighted by Crippen LogP contribution is 2.49. The largest absolute Gasteiger partial charge is 0.364 e. The second-order valence-corrected chi connectivity index (χ2v) is 7.96. The standard InChI is InChI=1S/C20H20F2N4O3/c21-12-6-10-2-3-14(18(27)25-15(10)13(22)7-12)24-19(28)17-23-8-11-9-29-20(4-1-5-20)16(11)26-17/h6,8,13-14H,1-5,7,9H2,(H,24,28)(H,25,27)/t13?,14-/m0/s1. The normalized spacial score (nSPS) is 27.4. The first-order valence-corrected chi connectivity index (χ1v) is 9.80. The van der Waals surface area contributed by atoms with Gasteiger partial charge >= 0.3 is 0 Å². The van der Waals surface area contributed by atoms with E-state index in [-0.39, 0.29) is 30.8 Å². The summed E-state index contributed by atoms with van der Waals surface area (Å²) in [5, 5.41) is 5.14. The number of allylic oxidation sites excluding steroid dienone is 4. The van der Waals surface area contributed by atoms with Crippen LogP contribution in [0.5, 0.6) is 0 Å². The Bertz CT molecular complexity index is 970. The van der Waals surface area contributed by atoms with Crippen LogP contribution in [0.3, 0.4) is 0 Å². The number of aromatic nitrogens is 2. The maximum absolute atomic E-state index is 14.1. The van der Waals surface area contributed by atoms with Gasteiger partial charge in [0.25, 0.3) is 5.91 Å². The van der Waals surface area contributed by atoms with Crippen molar-refractivity contribution in [2.24, 2.45) is 0 Å². The van der Waals surface area contributed by atoms with Crippen LogP contribution in [0, 0.1) is 0 Å². The number of alkyl halides is 1. The number of rotatable bonds is 2. The fourth-order valence-corrected chi connectivity index (χ4v) is 4.36. The maximum Gasteiger partial charge on any atom is 0.289 e. The molecule has 0 aromatic carbocycles. The Morgan fingerprint density at radius 3 is 2.97 bits per heavy atom. The third kappa shape index (κ3) is 3.04. The monoisotopic (exact) mass is 402 g/mol. The molecule has 152 valence electrons. The lowest BCUT2D eigenvalue weighted by atomic mass is 9.77. The smallest absolute Gasteiger partial charge is 0.289 e. The van der Waals surface area contributed by atoms with Crippen LogP contribution < -0.4 is 10.6 Å². The number of nitrogens with zero attached hydrogens (tertiary/aromatic N) is 2. The van der Waals surface area contributed by atoms with E-state index >= 15 is 0 Å². The molecule has 1 unspecified atom stereocenters. The highest BCUT2D eigenvalue weighted by molar-refractivity contribution is 5.95. The Hall–Kier alpha value is -2.68.